The minimum atomic E-state index is -1.04. The van der Waals surface area contributed by atoms with Crippen molar-refractivity contribution in [3.05, 3.63) is 0 Å². The predicted octanol–water partition coefficient (Wildman–Crippen LogP) is -1.35. The molecule has 1 saturated heterocycles. The van der Waals surface area contributed by atoms with Crippen molar-refractivity contribution in [3.8, 4) is 0 Å². The zero-order valence-corrected chi connectivity index (χ0v) is 9.57. The molecular formula is C10H22N2O3. The lowest BCUT2D eigenvalue weighted by Crippen LogP contribution is -2.48. The predicted molar refractivity (Wildman–Crippen MR) is 57.8 cm³/mol. The third kappa shape index (κ3) is 4.90. The molecule has 0 aromatic carbocycles. The maximum atomic E-state index is 9.54. The molecule has 0 amide bonds. The second kappa shape index (κ2) is 5.77. The maximum absolute atomic E-state index is 9.54. The first-order valence-corrected chi connectivity index (χ1v) is 5.37. The Hall–Kier alpha value is -0.200. The average Bonchev–Trinajstić information content (AvgIpc) is 2.18. The van der Waals surface area contributed by atoms with Crippen molar-refractivity contribution in [2.24, 2.45) is 0 Å². The fourth-order valence-electron chi connectivity index (χ4n) is 1.55. The summed E-state index contributed by atoms with van der Waals surface area (Å²) in [5.41, 5.74) is -1.04. The third-order valence-corrected chi connectivity index (χ3v) is 2.56. The van der Waals surface area contributed by atoms with Gasteiger partial charge in [0.15, 0.2) is 0 Å². The second-order valence-electron chi connectivity index (χ2n) is 4.54. The van der Waals surface area contributed by atoms with Crippen LogP contribution in [0.2, 0.25) is 0 Å². The monoisotopic (exact) mass is 218 g/mol. The van der Waals surface area contributed by atoms with E-state index in [0.29, 0.717) is 13.1 Å². The number of hydrogen-bond acceptors (Lipinski definition) is 5. The molecule has 0 aromatic rings. The highest BCUT2D eigenvalue weighted by Gasteiger charge is 2.21. The Morgan fingerprint density at radius 1 is 1.60 bits per heavy atom. The van der Waals surface area contributed by atoms with Gasteiger partial charge in [-0.3, -0.25) is 0 Å². The lowest BCUT2D eigenvalue weighted by molar-refractivity contribution is -0.0273. The Morgan fingerprint density at radius 3 is 2.93 bits per heavy atom. The highest BCUT2D eigenvalue weighted by Crippen LogP contribution is 2.03. The molecule has 1 rings (SSSR count). The van der Waals surface area contributed by atoms with E-state index in [2.05, 4.69) is 17.3 Å². The molecule has 90 valence electrons. The number of aliphatic hydroxyl groups is 2. The van der Waals surface area contributed by atoms with E-state index in [4.69, 9.17) is 9.84 Å². The molecule has 2 atom stereocenters. The van der Waals surface area contributed by atoms with Gasteiger partial charge in [-0.25, -0.2) is 0 Å². The molecular weight excluding hydrogens is 196 g/mol. The van der Waals surface area contributed by atoms with Crippen LogP contribution in [0, 0.1) is 0 Å². The first-order valence-electron chi connectivity index (χ1n) is 5.37. The van der Waals surface area contributed by atoms with Crippen LogP contribution in [0.4, 0.5) is 0 Å². The van der Waals surface area contributed by atoms with E-state index in [9.17, 15) is 5.11 Å². The van der Waals surface area contributed by atoms with Gasteiger partial charge in [-0.15, -0.1) is 0 Å². The largest absolute Gasteiger partial charge is 0.393 e. The van der Waals surface area contributed by atoms with Gasteiger partial charge in [-0.2, -0.15) is 0 Å². The number of nitrogens with zero attached hydrogens (tertiary/aromatic N) is 1. The molecule has 5 nitrogen and oxygen atoms in total. The van der Waals surface area contributed by atoms with Crippen molar-refractivity contribution in [3.63, 3.8) is 0 Å². The van der Waals surface area contributed by atoms with Crippen LogP contribution >= 0.6 is 0 Å². The number of morpholine rings is 1. The second-order valence-corrected chi connectivity index (χ2v) is 4.54. The number of nitrogens with one attached hydrogen (secondary N) is 1. The van der Waals surface area contributed by atoms with E-state index in [1.165, 1.54) is 0 Å². The molecule has 0 saturated carbocycles. The van der Waals surface area contributed by atoms with Crippen LogP contribution in [0.5, 0.6) is 0 Å². The summed E-state index contributed by atoms with van der Waals surface area (Å²) in [6.45, 7) is 5.12. The molecule has 0 spiro atoms. The van der Waals surface area contributed by atoms with E-state index < -0.39 is 5.60 Å². The highest BCUT2D eigenvalue weighted by atomic mass is 16.5. The van der Waals surface area contributed by atoms with Gasteiger partial charge in [0.25, 0.3) is 0 Å². The van der Waals surface area contributed by atoms with E-state index in [-0.39, 0.29) is 12.7 Å². The third-order valence-electron chi connectivity index (χ3n) is 2.56. The van der Waals surface area contributed by atoms with Crippen LogP contribution in [0.3, 0.4) is 0 Å². The summed E-state index contributed by atoms with van der Waals surface area (Å²) in [6.07, 6.45) is 0.179. The molecule has 0 bridgehead atoms. The van der Waals surface area contributed by atoms with Crippen molar-refractivity contribution >= 4 is 0 Å². The quantitative estimate of drug-likeness (QED) is 0.532. The molecule has 1 aliphatic rings. The Kier molecular flexibility index (Phi) is 4.95. The molecule has 0 aromatic heterocycles. The van der Waals surface area contributed by atoms with Crippen LogP contribution in [0.25, 0.3) is 0 Å². The number of rotatable bonds is 5. The molecule has 0 radical (unpaired) electrons. The van der Waals surface area contributed by atoms with Gasteiger partial charge >= 0.3 is 0 Å². The zero-order valence-electron chi connectivity index (χ0n) is 9.57. The summed E-state index contributed by atoms with van der Waals surface area (Å²) >= 11 is 0. The maximum Gasteiger partial charge on any atom is 0.0972 e. The van der Waals surface area contributed by atoms with Gasteiger partial charge in [-0.05, 0) is 14.0 Å². The summed E-state index contributed by atoms with van der Waals surface area (Å²) in [5, 5.41) is 21.5. The number of hydrogen-bond donors (Lipinski definition) is 3. The van der Waals surface area contributed by atoms with Crippen LogP contribution in [-0.2, 0) is 4.74 Å². The van der Waals surface area contributed by atoms with Crippen LogP contribution in [0.1, 0.15) is 6.92 Å². The first-order chi connectivity index (χ1) is 7.03. The normalized spacial score (nSPS) is 27.6. The molecule has 0 aliphatic carbocycles. The average molecular weight is 218 g/mol. The Labute approximate surface area is 91.0 Å². The summed E-state index contributed by atoms with van der Waals surface area (Å²) in [6, 6.07) is 0. The van der Waals surface area contributed by atoms with Crippen LogP contribution in [0.15, 0.2) is 0 Å². The van der Waals surface area contributed by atoms with Gasteiger partial charge in [0.2, 0.25) is 0 Å². The first kappa shape index (κ1) is 12.9. The van der Waals surface area contributed by atoms with Crippen molar-refractivity contribution in [2.45, 2.75) is 18.6 Å². The van der Waals surface area contributed by atoms with Crippen molar-refractivity contribution in [1.82, 2.24) is 10.2 Å². The smallest absolute Gasteiger partial charge is 0.0972 e. The van der Waals surface area contributed by atoms with E-state index >= 15 is 0 Å². The number of ether oxygens (including phenoxy) is 1. The number of aliphatic hydroxyl groups excluding tert-OH is 1. The molecule has 5 heteroatoms. The number of likely N-dealkylation sites (N-methyl/N-ethyl adjacent to an activating group) is 1. The zero-order chi connectivity index (χ0) is 11.3. The summed E-state index contributed by atoms with van der Waals surface area (Å²) in [4.78, 5) is 2.22. The molecule has 1 fully saturated rings. The van der Waals surface area contributed by atoms with Crippen molar-refractivity contribution < 1.29 is 14.9 Å². The SMILES string of the molecule is CN1CCOC(CNCC(C)(O)CO)C1. The van der Waals surface area contributed by atoms with Gasteiger partial charge in [0.1, 0.15) is 0 Å². The van der Waals surface area contributed by atoms with Crippen LogP contribution in [-0.4, -0.2) is 73.3 Å². The van der Waals surface area contributed by atoms with Crippen LogP contribution < -0.4 is 5.32 Å². The summed E-state index contributed by atoms with van der Waals surface area (Å²) < 4.78 is 5.55. The fourth-order valence-corrected chi connectivity index (χ4v) is 1.55. The summed E-state index contributed by atoms with van der Waals surface area (Å²) in [7, 11) is 2.07. The topological polar surface area (TPSA) is 65.0 Å². The molecule has 3 N–H and O–H groups in total. The highest BCUT2D eigenvalue weighted by molar-refractivity contribution is 4.77. The molecule has 2 unspecified atom stereocenters. The molecule has 1 heterocycles. The van der Waals surface area contributed by atoms with E-state index in [0.717, 1.165) is 19.7 Å². The van der Waals surface area contributed by atoms with Crippen molar-refractivity contribution in [1.29, 1.82) is 0 Å². The Bertz CT molecular complexity index is 188. The fraction of sp³-hybridized carbons (Fsp3) is 1.00. The lowest BCUT2D eigenvalue weighted by atomic mass is 10.1. The standard InChI is InChI=1S/C10H22N2O3/c1-10(14,8-13)7-11-5-9-6-12(2)3-4-15-9/h9,11,13-14H,3-8H2,1-2H3. The van der Waals surface area contributed by atoms with Gasteiger partial charge in [0.05, 0.1) is 24.9 Å². The van der Waals surface area contributed by atoms with Gasteiger partial charge in [-0.1, -0.05) is 0 Å². The summed E-state index contributed by atoms with van der Waals surface area (Å²) in [5.74, 6) is 0. The Morgan fingerprint density at radius 2 is 2.33 bits per heavy atom. The van der Waals surface area contributed by atoms with E-state index in [1.807, 2.05) is 0 Å². The Balaban J connectivity index is 2.14. The minimum absolute atomic E-state index is 0.179. The van der Waals surface area contributed by atoms with E-state index in [1.54, 1.807) is 6.92 Å². The minimum Gasteiger partial charge on any atom is -0.393 e. The van der Waals surface area contributed by atoms with Gasteiger partial charge in [0, 0.05) is 26.2 Å². The molecule has 15 heavy (non-hydrogen) atoms. The molecule has 1 aliphatic heterocycles. The lowest BCUT2D eigenvalue weighted by Gasteiger charge is -2.31. The van der Waals surface area contributed by atoms with Crippen molar-refractivity contribution in [2.75, 3.05) is 46.4 Å². The van der Waals surface area contributed by atoms with Gasteiger partial charge < -0.3 is 25.2 Å².